The summed E-state index contributed by atoms with van der Waals surface area (Å²) >= 11 is 0. The first-order valence-electron chi connectivity index (χ1n) is 31.9. The molecule has 6 nitrogen and oxygen atoms in total. The Kier molecular flexibility index (Phi) is 62.0. The minimum atomic E-state index is -0.839. The van der Waals surface area contributed by atoms with Crippen molar-refractivity contribution in [3.63, 3.8) is 0 Å². The van der Waals surface area contributed by atoms with Crippen molar-refractivity contribution in [2.75, 3.05) is 13.2 Å². The molecule has 1 unspecified atom stereocenters. The van der Waals surface area contributed by atoms with Crippen LogP contribution in [0.3, 0.4) is 0 Å². The van der Waals surface area contributed by atoms with E-state index in [0.717, 1.165) is 148 Å². The topological polar surface area (TPSA) is 78.9 Å². The van der Waals surface area contributed by atoms with Crippen molar-refractivity contribution < 1.29 is 28.6 Å². The van der Waals surface area contributed by atoms with Crippen LogP contribution in [-0.2, 0) is 28.6 Å². The van der Waals surface area contributed by atoms with Crippen molar-refractivity contribution in [1.29, 1.82) is 0 Å². The highest BCUT2D eigenvalue weighted by Crippen LogP contribution is 2.14. The molecule has 0 spiro atoms. The second kappa shape index (κ2) is 66.8. The van der Waals surface area contributed by atoms with Gasteiger partial charge in [-0.25, -0.2) is 0 Å². The van der Waals surface area contributed by atoms with E-state index in [1.165, 1.54) is 38.5 Å². The van der Waals surface area contributed by atoms with Gasteiger partial charge in [0.2, 0.25) is 0 Å². The van der Waals surface area contributed by atoms with Crippen LogP contribution in [-0.4, -0.2) is 37.2 Å². The van der Waals surface area contributed by atoms with Crippen LogP contribution in [0.5, 0.6) is 0 Å². The molecule has 0 saturated carbocycles. The molecular weight excluding hydrogens is 997 g/mol. The van der Waals surface area contributed by atoms with Gasteiger partial charge in [-0.05, 0) is 148 Å². The molecule has 0 radical (unpaired) electrons. The summed E-state index contributed by atoms with van der Waals surface area (Å²) in [5, 5.41) is 0. The fourth-order valence-electron chi connectivity index (χ4n) is 7.93. The second-order valence-corrected chi connectivity index (χ2v) is 20.2. The molecule has 0 aromatic carbocycles. The predicted octanol–water partition coefficient (Wildman–Crippen LogP) is 22.2. The van der Waals surface area contributed by atoms with Crippen LogP contribution >= 0.6 is 0 Å². The first kappa shape index (κ1) is 75.2. The van der Waals surface area contributed by atoms with Crippen LogP contribution < -0.4 is 0 Å². The van der Waals surface area contributed by atoms with Gasteiger partial charge >= 0.3 is 17.9 Å². The summed E-state index contributed by atoms with van der Waals surface area (Å²) in [6.07, 6.45) is 102. The molecule has 6 heteroatoms. The highest BCUT2D eigenvalue weighted by molar-refractivity contribution is 5.71. The number of carbonyl (C=O) groups excluding carboxylic acids is 3. The minimum Gasteiger partial charge on any atom is -0.462 e. The SMILES string of the molecule is CC/C=C\C/C=C\C/C=C\C/C=C\C/C=C\C/C=C\C/C=C\CCCCCCCCCCCC(=O)OCC(COC(=O)CC/C=C\C/C=C\C/C=C\C/C=C\CC)OC(=O)CCCCC/C=C\C/C=C\C/C=C\C/C=C\C/C=C\CC. The van der Waals surface area contributed by atoms with Crippen LogP contribution in [0.1, 0.15) is 239 Å². The van der Waals surface area contributed by atoms with E-state index >= 15 is 0 Å². The van der Waals surface area contributed by atoms with Crippen LogP contribution in [0.4, 0.5) is 0 Å². The lowest BCUT2D eigenvalue weighted by Crippen LogP contribution is -2.30. The molecule has 0 N–H and O–H groups in total. The van der Waals surface area contributed by atoms with Crippen molar-refractivity contribution in [2.24, 2.45) is 0 Å². The second-order valence-electron chi connectivity index (χ2n) is 20.2. The van der Waals surface area contributed by atoms with E-state index in [1.54, 1.807) is 0 Å². The Morgan fingerprint density at radius 2 is 0.469 bits per heavy atom. The van der Waals surface area contributed by atoms with Gasteiger partial charge in [0, 0.05) is 19.3 Å². The molecule has 0 aliphatic heterocycles. The molecule has 0 amide bonds. The first-order chi connectivity index (χ1) is 40.0. The van der Waals surface area contributed by atoms with Gasteiger partial charge in [0.25, 0.3) is 0 Å². The summed E-state index contributed by atoms with van der Waals surface area (Å²) in [5.74, 6) is -1.06. The fraction of sp³-hybridized carbons (Fsp3) is 0.533. The van der Waals surface area contributed by atoms with Gasteiger partial charge in [-0.3, -0.25) is 14.4 Å². The van der Waals surface area contributed by atoms with Crippen molar-refractivity contribution >= 4 is 17.9 Å². The zero-order chi connectivity index (χ0) is 58.5. The summed E-state index contributed by atoms with van der Waals surface area (Å²) < 4.78 is 16.8. The molecule has 1 atom stereocenters. The standard InChI is InChI=1S/C75H114O6/c1-4-7-10-13-16-19-22-25-27-29-31-32-33-34-35-36-37-38-39-40-41-42-44-45-47-50-53-56-59-62-65-68-74(77)80-71-72(70-79-73(76)67-64-61-58-55-52-49-24-21-18-15-12-9-6-3)81-75(78)69-66-63-60-57-54-51-48-46-43-30-28-26-23-20-17-14-11-8-5-2/h7-12,16-21,25-28,31-32,34-35,37-38,40-41,43,46,49,51-52,54,58,61,72H,4-6,13-15,22-24,29-30,33,36,39,42,44-45,47-48,50,53,55-57,59-60,62-71H2,1-3H3/b10-7-,11-8-,12-9-,19-16-,20-17-,21-18-,27-25-,28-26-,32-31-,35-34-,38-37-,41-40-,46-43-,52-49-,54-51-,61-58-. The van der Waals surface area contributed by atoms with E-state index in [2.05, 4.69) is 203 Å². The number of carbonyl (C=O) groups is 3. The van der Waals surface area contributed by atoms with Gasteiger partial charge in [0.1, 0.15) is 13.2 Å². The molecule has 0 aromatic rings. The number of unbranched alkanes of at least 4 members (excludes halogenated alkanes) is 12. The number of allylic oxidation sites excluding steroid dienone is 32. The van der Waals surface area contributed by atoms with Gasteiger partial charge in [-0.1, -0.05) is 267 Å². The Morgan fingerprint density at radius 1 is 0.247 bits per heavy atom. The Bertz CT molecular complexity index is 1950. The lowest BCUT2D eigenvalue weighted by Gasteiger charge is -2.18. The van der Waals surface area contributed by atoms with E-state index in [-0.39, 0.29) is 44.0 Å². The third-order valence-electron chi connectivity index (χ3n) is 12.6. The molecule has 0 rings (SSSR count). The van der Waals surface area contributed by atoms with Gasteiger partial charge in [-0.15, -0.1) is 0 Å². The Morgan fingerprint density at radius 3 is 0.778 bits per heavy atom. The number of rotatable bonds is 55. The average Bonchev–Trinajstić information content (AvgIpc) is 3.46. The normalized spacial score (nSPS) is 13.5. The third kappa shape index (κ3) is 64.9. The maximum absolute atomic E-state index is 12.9. The fourth-order valence-corrected chi connectivity index (χ4v) is 7.93. The average molecular weight is 1110 g/mol. The first-order valence-corrected chi connectivity index (χ1v) is 31.9. The van der Waals surface area contributed by atoms with Crippen molar-refractivity contribution in [2.45, 2.75) is 245 Å². The lowest BCUT2D eigenvalue weighted by molar-refractivity contribution is -0.166. The molecule has 0 aliphatic carbocycles. The van der Waals surface area contributed by atoms with Gasteiger partial charge in [0.15, 0.2) is 6.10 Å². The predicted molar refractivity (Wildman–Crippen MR) is 352 cm³/mol. The molecule has 0 aliphatic rings. The molecule has 0 aromatic heterocycles. The zero-order valence-corrected chi connectivity index (χ0v) is 51.5. The number of esters is 3. The maximum Gasteiger partial charge on any atom is 0.306 e. The van der Waals surface area contributed by atoms with E-state index in [9.17, 15) is 14.4 Å². The smallest absolute Gasteiger partial charge is 0.306 e. The third-order valence-corrected chi connectivity index (χ3v) is 12.6. The number of ether oxygens (including phenoxy) is 3. The molecular formula is C75H114O6. The highest BCUT2D eigenvalue weighted by Gasteiger charge is 2.19. The molecule has 0 heterocycles. The summed E-state index contributed by atoms with van der Waals surface area (Å²) in [6, 6.07) is 0. The van der Waals surface area contributed by atoms with Crippen LogP contribution in [0.15, 0.2) is 194 Å². The molecule has 0 bridgehead atoms. The molecule has 81 heavy (non-hydrogen) atoms. The summed E-state index contributed by atoms with van der Waals surface area (Å²) in [4.78, 5) is 38.2. The largest absolute Gasteiger partial charge is 0.462 e. The van der Waals surface area contributed by atoms with E-state index in [1.807, 2.05) is 12.2 Å². The van der Waals surface area contributed by atoms with Crippen molar-refractivity contribution in [1.82, 2.24) is 0 Å². The summed E-state index contributed by atoms with van der Waals surface area (Å²) in [6.45, 7) is 6.18. The minimum absolute atomic E-state index is 0.127. The van der Waals surface area contributed by atoms with E-state index in [4.69, 9.17) is 14.2 Å². The van der Waals surface area contributed by atoms with Crippen LogP contribution in [0.2, 0.25) is 0 Å². The van der Waals surface area contributed by atoms with Crippen LogP contribution in [0, 0.1) is 0 Å². The van der Waals surface area contributed by atoms with Crippen molar-refractivity contribution in [3.8, 4) is 0 Å². The highest BCUT2D eigenvalue weighted by atomic mass is 16.6. The zero-order valence-electron chi connectivity index (χ0n) is 51.5. The summed E-state index contributed by atoms with van der Waals surface area (Å²) in [7, 11) is 0. The maximum atomic E-state index is 12.9. The Hall–Kier alpha value is -5.75. The quantitative estimate of drug-likeness (QED) is 0.0261. The molecule has 0 fully saturated rings. The number of hydrogen-bond donors (Lipinski definition) is 0. The van der Waals surface area contributed by atoms with E-state index in [0.29, 0.717) is 19.3 Å². The monoisotopic (exact) mass is 1110 g/mol. The Labute approximate surface area is 497 Å². The summed E-state index contributed by atoms with van der Waals surface area (Å²) in [5.41, 5.74) is 0. The van der Waals surface area contributed by atoms with Gasteiger partial charge in [0.05, 0.1) is 0 Å². The van der Waals surface area contributed by atoms with Gasteiger partial charge < -0.3 is 14.2 Å². The van der Waals surface area contributed by atoms with E-state index < -0.39 is 6.10 Å². The Balaban J connectivity index is 4.42. The van der Waals surface area contributed by atoms with Crippen molar-refractivity contribution in [3.05, 3.63) is 194 Å². The molecule has 450 valence electrons. The van der Waals surface area contributed by atoms with Gasteiger partial charge in [-0.2, -0.15) is 0 Å². The number of hydrogen-bond acceptors (Lipinski definition) is 6. The molecule has 0 saturated heterocycles. The lowest BCUT2D eigenvalue weighted by atomic mass is 10.1. The van der Waals surface area contributed by atoms with Crippen LogP contribution in [0.25, 0.3) is 0 Å².